The number of aryl methyl sites for hydroxylation is 1. The van der Waals surface area contributed by atoms with Crippen molar-refractivity contribution in [2.75, 3.05) is 13.1 Å². The molecule has 1 heterocycles. The summed E-state index contributed by atoms with van der Waals surface area (Å²) in [4.78, 5) is 45.5. The number of ketones is 1. The quantitative estimate of drug-likeness (QED) is 0.301. The maximum Gasteiger partial charge on any atom is 0.352 e. The molecule has 1 aliphatic rings. The van der Waals surface area contributed by atoms with Crippen molar-refractivity contribution in [1.29, 1.82) is 0 Å². The van der Waals surface area contributed by atoms with Gasteiger partial charge in [-0.3, -0.25) is 19.4 Å². The van der Waals surface area contributed by atoms with E-state index in [2.05, 4.69) is 15.5 Å². The van der Waals surface area contributed by atoms with Crippen LogP contribution in [0.1, 0.15) is 56.5 Å². The highest BCUT2D eigenvalue weighted by Gasteiger charge is 2.39. The molecular formula is C20H28N2O6. The Kier molecular flexibility index (Phi) is 7.53. The lowest BCUT2D eigenvalue weighted by molar-refractivity contribution is -0.211. The fraction of sp³-hybridized carbons (Fsp3) is 0.550. The Labute approximate surface area is 164 Å². The van der Waals surface area contributed by atoms with Gasteiger partial charge in [-0.05, 0) is 63.0 Å². The van der Waals surface area contributed by atoms with Crippen molar-refractivity contribution >= 4 is 17.7 Å². The Hall–Kier alpha value is -2.45. The second-order valence-electron chi connectivity index (χ2n) is 6.95. The fourth-order valence-electron chi connectivity index (χ4n) is 3.18. The average molecular weight is 392 g/mol. The van der Waals surface area contributed by atoms with Gasteiger partial charge in [-0.1, -0.05) is 6.92 Å². The van der Waals surface area contributed by atoms with Crippen molar-refractivity contribution in [2.45, 2.75) is 58.8 Å². The second-order valence-corrected chi connectivity index (χ2v) is 6.95. The van der Waals surface area contributed by atoms with Gasteiger partial charge < -0.3 is 15.4 Å². The molecule has 8 heteroatoms. The number of hydrogen-bond acceptors (Lipinski definition) is 7. The van der Waals surface area contributed by atoms with Crippen LogP contribution in [0.2, 0.25) is 0 Å². The van der Waals surface area contributed by atoms with Crippen LogP contribution < -0.4 is 15.5 Å². The van der Waals surface area contributed by atoms with Crippen LogP contribution in [-0.4, -0.2) is 42.6 Å². The van der Waals surface area contributed by atoms with Crippen molar-refractivity contribution < 1.29 is 28.9 Å². The number of Topliss-reactive ketones (excluding diaryl/α,β-unsaturated/α-hetero) is 1. The molecule has 0 aromatic heterocycles. The monoisotopic (exact) mass is 392 g/mol. The van der Waals surface area contributed by atoms with E-state index in [0.29, 0.717) is 23.3 Å². The summed E-state index contributed by atoms with van der Waals surface area (Å²) in [5.74, 6) is -0.921. The topological polar surface area (TPSA) is 103 Å². The molecule has 1 fully saturated rings. The van der Waals surface area contributed by atoms with Crippen LogP contribution in [-0.2, 0) is 25.6 Å². The predicted octanol–water partition coefficient (Wildman–Crippen LogP) is 1.91. The highest BCUT2D eigenvalue weighted by atomic mass is 17.2. The summed E-state index contributed by atoms with van der Waals surface area (Å²) in [7, 11) is 0. The van der Waals surface area contributed by atoms with Gasteiger partial charge in [0, 0.05) is 19.4 Å². The number of amides is 1. The number of hydrogen-bond donors (Lipinski definition) is 2. The minimum atomic E-state index is -1.48. The number of nitrogens with one attached hydrogen (secondary N) is 2. The summed E-state index contributed by atoms with van der Waals surface area (Å²) in [6, 6.07) is 4.78. The summed E-state index contributed by atoms with van der Waals surface area (Å²) in [6.45, 7) is 7.66. The van der Waals surface area contributed by atoms with Gasteiger partial charge in [0.25, 0.3) is 0 Å². The molecule has 1 saturated heterocycles. The van der Waals surface area contributed by atoms with Crippen LogP contribution in [0, 0.1) is 0 Å². The molecule has 0 saturated carbocycles. The standard InChI is InChI=1S/C20H28N2O6/c1-5-15-12-16(6-7-18(15)28-27-14(3)24)19(25)20(4,22-13(2)23)26-17-8-10-21-11-9-17/h6-7,12,17,21H,5,8-11H2,1-4H3,(H,22,23). The first-order valence-electron chi connectivity index (χ1n) is 9.45. The van der Waals surface area contributed by atoms with Crippen LogP contribution in [0.4, 0.5) is 0 Å². The smallest absolute Gasteiger partial charge is 0.345 e. The Morgan fingerprint density at radius 1 is 1.21 bits per heavy atom. The SMILES string of the molecule is CCc1cc(C(=O)C(C)(NC(C)=O)OC2CCNCC2)ccc1OOC(C)=O. The van der Waals surface area contributed by atoms with Gasteiger partial charge in [0.2, 0.25) is 17.4 Å². The molecule has 154 valence electrons. The fourth-order valence-corrected chi connectivity index (χ4v) is 3.18. The average Bonchev–Trinajstić information content (AvgIpc) is 2.65. The Bertz CT molecular complexity index is 729. The molecule has 1 atom stereocenters. The molecule has 0 bridgehead atoms. The van der Waals surface area contributed by atoms with Crippen LogP contribution in [0.25, 0.3) is 0 Å². The molecule has 8 nitrogen and oxygen atoms in total. The number of carbonyl (C=O) groups is 3. The highest BCUT2D eigenvalue weighted by molar-refractivity contribution is 6.04. The maximum atomic E-state index is 13.2. The Balaban J connectivity index is 2.26. The third kappa shape index (κ3) is 5.77. The van der Waals surface area contributed by atoms with Gasteiger partial charge in [-0.15, -0.1) is 0 Å². The van der Waals surface area contributed by atoms with E-state index in [1.165, 1.54) is 13.8 Å². The Morgan fingerprint density at radius 2 is 1.89 bits per heavy atom. The third-order valence-electron chi connectivity index (χ3n) is 4.49. The third-order valence-corrected chi connectivity index (χ3v) is 4.49. The summed E-state index contributed by atoms with van der Waals surface area (Å²) < 4.78 is 6.07. The molecule has 28 heavy (non-hydrogen) atoms. The molecule has 0 spiro atoms. The number of ether oxygens (including phenoxy) is 1. The lowest BCUT2D eigenvalue weighted by Crippen LogP contribution is -2.56. The van der Waals surface area contributed by atoms with Crippen molar-refractivity contribution in [2.24, 2.45) is 0 Å². The summed E-state index contributed by atoms with van der Waals surface area (Å²) in [6.07, 6.45) is 1.96. The Morgan fingerprint density at radius 3 is 2.46 bits per heavy atom. The van der Waals surface area contributed by atoms with E-state index >= 15 is 0 Å². The molecule has 1 unspecified atom stereocenters. The van der Waals surface area contributed by atoms with E-state index in [9.17, 15) is 14.4 Å². The zero-order valence-corrected chi connectivity index (χ0v) is 16.8. The minimum Gasteiger partial charge on any atom is -0.345 e. The van der Waals surface area contributed by atoms with Crippen LogP contribution in [0.15, 0.2) is 18.2 Å². The van der Waals surface area contributed by atoms with Crippen molar-refractivity contribution in [3.63, 3.8) is 0 Å². The molecule has 1 aromatic carbocycles. The molecular weight excluding hydrogens is 364 g/mol. The summed E-state index contributed by atoms with van der Waals surface area (Å²) in [5.41, 5.74) is -0.409. The minimum absolute atomic E-state index is 0.126. The first-order chi connectivity index (χ1) is 13.2. The first-order valence-corrected chi connectivity index (χ1v) is 9.45. The van der Waals surface area contributed by atoms with Crippen molar-refractivity contribution in [3.8, 4) is 5.75 Å². The molecule has 0 aliphatic carbocycles. The molecule has 2 N–H and O–H groups in total. The number of rotatable bonds is 8. The number of carbonyl (C=O) groups excluding carboxylic acids is 3. The first kappa shape index (κ1) is 21.8. The molecule has 1 aliphatic heterocycles. The molecule has 1 aromatic rings. The molecule has 1 amide bonds. The van der Waals surface area contributed by atoms with Crippen molar-refractivity contribution in [1.82, 2.24) is 10.6 Å². The van der Waals surface area contributed by atoms with E-state index in [0.717, 1.165) is 25.9 Å². The van der Waals surface area contributed by atoms with E-state index in [4.69, 9.17) is 9.62 Å². The van der Waals surface area contributed by atoms with Gasteiger partial charge in [0.05, 0.1) is 6.10 Å². The maximum absolute atomic E-state index is 13.2. The molecule has 2 rings (SSSR count). The van der Waals surface area contributed by atoms with Crippen molar-refractivity contribution in [3.05, 3.63) is 29.3 Å². The van der Waals surface area contributed by atoms with E-state index in [-0.39, 0.29) is 17.8 Å². The van der Waals surface area contributed by atoms with E-state index in [1.807, 2.05) is 6.92 Å². The van der Waals surface area contributed by atoms with Gasteiger partial charge in [-0.2, -0.15) is 0 Å². The predicted molar refractivity (Wildman–Crippen MR) is 102 cm³/mol. The zero-order chi connectivity index (χ0) is 20.7. The largest absolute Gasteiger partial charge is 0.352 e. The van der Waals surface area contributed by atoms with Gasteiger partial charge in [0.15, 0.2) is 5.75 Å². The summed E-state index contributed by atoms with van der Waals surface area (Å²) in [5, 5.41) is 5.90. The van der Waals surface area contributed by atoms with Crippen LogP contribution in [0.5, 0.6) is 5.75 Å². The molecule has 0 radical (unpaired) electrons. The van der Waals surface area contributed by atoms with Crippen LogP contribution in [0.3, 0.4) is 0 Å². The highest BCUT2D eigenvalue weighted by Crippen LogP contribution is 2.26. The van der Waals surface area contributed by atoms with Gasteiger partial charge in [0.1, 0.15) is 0 Å². The summed E-state index contributed by atoms with van der Waals surface area (Å²) >= 11 is 0. The lowest BCUT2D eigenvalue weighted by Gasteiger charge is -2.35. The second kappa shape index (κ2) is 9.66. The van der Waals surface area contributed by atoms with Gasteiger partial charge in [-0.25, -0.2) is 4.79 Å². The number of piperidine rings is 1. The lowest BCUT2D eigenvalue weighted by atomic mass is 9.97. The van der Waals surface area contributed by atoms with Gasteiger partial charge >= 0.3 is 5.97 Å². The van der Waals surface area contributed by atoms with Crippen LogP contribution >= 0.6 is 0 Å². The zero-order valence-electron chi connectivity index (χ0n) is 16.8. The normalized spacial score (nSPS) is 16.7. The van der Waals surface area contributed by atoms with E-state index in [1.54, 1.807) is 25.1 Å². The van der Waals surface area contributed by atoms with E-state index < -0.39 is 11.7 Å². The number of benzene rings is 1.